The van der Waals surface area contributed by atoms with Crippen LogP contribution in [0.5, 0.6) is 0 Å². The Hall–Kier alpha value is 0.350. The van der Waals surface area contributed by atoms with Crippen molar-refractivity contribution in [1.82, 2.24) is 0 Å². The molecular weight excluding hydrogens is 147 g/mol. The van der Waals surface area contributed by atoms with E-state index in [0.717, 1.165) is 0 Å². The van der Waals surface area contributed by atoms with E-state index in [0.29, 0.717) is 5.92 Å². The van der Waals surface area contributed by atoms with Crippen LogP contribution in [0.3, 0.4) is 0 Å². The maximum atomic E-state index is 8.29. The van der Waals surface area contributed by atoms with Crippen molar-refractivity contribution in [2.45, 2.75) is 41.7 Å². The minimum Gasteiger partial charge on any atom is -0.352 e. The van der Waals surface area contributed by atoms with E-state index >= 15 is 0 Å². The Morgan fingerprint density at radius 3 is 1.70 bits per heavy atom. The van der Waals surface area contributed by atoms with Gasteiger partial charge in [0.15, 0.2) is 9.03 Å². The van der Waals surface area contributed by atoms with Gasteiger partial charge in [-0.1, -0.05) is 28.7 Å². The summed E-state index contributed by atoms with van der Waals surface area (Å²) in [5.74, 6) is 0.495. The van der Waals surface area contributed by atoms with Crippen molar-refractivity contribution in [1.29, 1.82) is 0 Å². The van der Waals surface area contributed by atoms with Gasteiger partial charge in [0.05, 0.1) is 6.10 Å². The molecule has 0 aliphatic rings. The summed E-state index contributed by atoms with van der Waals surface area (Å²) in [5.41, 5.74) is 0. The molecule has 2 nitrogen and oxygen atoms in total. The third-order valence-corrected chi connectivity index (χ3v) is 1.65. The SMILES string of the molecule is C.C.CC(C)C(C)OPO. The van der Waals surface area contributed by atoms with E-state index in [1.807, 2.05) is 6.92 Å². The van der Waals surface area contributed by atoms with Gasteiger partial charge in [-0.3, -0.25) is 0 Å². The lowest BCUT2D eigenvalue weighted by atomic mass is 10.1. The van der Waals surface area contributed by atoms with Crippen LogP contribution >= 0.6 is 9.03 Å². The highest BCUT2D eigenvalue weighted by molar-refractivity contribution is 7.25. The fraction of sp³-hybridized carbons (Fsp3) is 1.00. The largest absolute Gasteiger partial charge is 0.352 e. The fourth-order valence-electron chi connectivity index (χ4n) is 0.219. The molecule has 0 saturated carbocycles. The zero-order valence-electron chi connectivity index (χ0n) is 5.51. The first-order chi connectivity index (χ1) is 3.68. The molecule has 0 aromatic carbocycles. The van der Waals surface area contributed by atoms with E-state index < -0.39 is 0 Å². The van der Waals surface area contributed by atoms with Crippen LogP contribution in [-0.2, 0) is 4.52 Å². The van der Waals surface area contributed by atoms with Crippen molar-refractivity contribution in [2.24, 2.45) is 5.92 Å². The smallest absolute Gasteiger partial charge is 0.152 e. The topological polar surface area (TPSA) is 29.5 Å². The van der Waals surface area contributed by atoms with Crippen LogP contribution in [-0.4, -0.2) is 11.0 Å². The fourth-order valence-corrected chi connectivity index (χ4v) is 0.658. The van der Waals surface area contributed by atoms with Gasteiger partial charge in [-0.05, 0) is 12.8 Å². The van der Waals surface area contributed by atoms with E-state index in [2.05, 4.69) is 13.8 Å². The summed E-state index contributed by atoms with van der Waals surface area (Å²) in [7, 11) is -0.369. The van der Waals surface area contributed by atoms with Crippen molar-refractivity contribution in [3.05, 3.63) is 0 Å². The van der Waals surface area contributed by atoms with Gasteiger partial charge in [-0.15, -0.1) is 0 Å². The number of rotatable bonds is 3. The Balaban J connectivity index is -0.000000245. The molecule has 0 aromatic rings. The zero-order chi connectivity index (χ0) is 6.57. The average molecular weight is 168 g/mol. The number of hydrogen-bond donors (Lipinski definition) is 1. The van der Waals surface area contributed by atoms with Gasteiger partial charge in [-0.2, -0.15) is 0 Å². The van der Waals surface area contributed by atoms with Crippen molar-refractivity contribution < 1.29 is 9.42 Å². The normalized spacial score (nSPS) is 12.9. The highest BCUT2D eigenvalue weighted by Gasteiger charge is 2.04. The first kappa shape index (κ1) is 16.7. The molecule has 0 fully saturated rings. The summed E-state index contributed by atoms with van der Waals surface area (Å²) in [4.78, 5) is 8.29. The third kappa shape index (κ3) is 8.35. The molecule has 0 saturated heterocycles. The Morgan fingerprint density at radius 1 is 1.20 bits per heavy atom. The predicted octanol–water partition coefficient (Wildman–Crippen LogP) is 2.82. The maximum Gasteiger partial charge on any atom is 0.152 e. The summed E-state index contributed by atoms with van der Waals surface area (Å²) < 4.78 is 4.89. The lowest BCUT2D eigenvalue weighted by Crippen LogP contribution is -2.10. The Morgan fingerprint density at radius 2 is 1.60 bits per heavy atom. The van der Waals surface area contributed by atoms with E-state index in [1.165, 1.54) is 0 Å². The van der Waals surface area contributed by atoms with Gasteiger partial charge < -0.3 is 9.42 Å². The molecule has 3 heteroatoms. The van der Waals surface area contributed by atoms with E-state index in [-0.39, 0.29) is 30.0 Å². The molecule has 0 aromatic heterocycles. The van der Waals surface area contributed by atoms with Gasteiger partial charge >= 0.3 is 0 Å². The highest BCUT2D eigenvalue weighted by atomic mass is 31.1. The van der Waals surface area contributed by atoms with Crippen LogP contribution in [0.2, 0.25) is 0 Å². The van der Waals surface area contributed by atoms with Crippen LogP contribution in [0, 0.1) is 5.92 Å². The van der Waals surface area contributed by atoms with Crippen LogP contribution in [0.15, 0.2) is 0 Å². The van der Waals surface area contributed by atoms with Gasteiger partial charge in [0.1, 0.15) is 0 Å². The summed E-state index contributed by atoms with van der Waals surface area (Å²) in [6.07, 6.45) is 0.179. The number of hydrogen-bond acceptors (Lipinski definition) is 2. The summed E-state index contributed by atoms with van der Waals surface area (Å²) >= 11 is 0. The lowest BCUT2D eigenvalue weighted by molar-refractivity contribution is 0.181. The van der Waals surface area contributed by atoms with Crippen LogP contribution in [0.25, 0.3) is 0 Å². The zero-order valence-corrected chi connectivity index (χ0v) is 6.51. The molecule has 0 amide bonds. The predicted molar refractivity (Wildman–Crippen MR) is 49.4 cm³/mol. The second-order valence-corrected chi connectivity index (χ2v) is 2.58. The third-order valence-electron chi connectivity index (χ3n) is 1.18. The van der Waals surface area contributed by atoms with Crippen molar-refractivity contribution in [3.8, 4) is 0 Å². The Bertz CT molecular complexity index is 57.6. The molecule has 0 spiro atoms. The molecule has 2 unspecified atom stereocenters. The molecule has 0 heterocycles. The average Bonchev–Trinajstić information content (AvgIpc) is 1.67. The molecule has 0 aliphatic heterocycles. The molecule has 2 atom stereocenters. The first-order valence-electron chi connectivity index (χ1n) is 2.73. The Labute approximate surface area is 66.9 Å². The molecule has 1 N–H and O–H groups in total. The van der Waals surface area contributed by atoms with E-state index in [1.54, 1.807) is 0 Å². The molecule has 0 rings (SSSR count). The highest BCUT2D eigenvalue weighted by Crippen LogP contribution is 2.14. The maximum absolute atomic E-state index is 8.29. The van der Waals surface area contributed by atoms with Crippen molar-refractivity contribution in [3.63, 3.8) is 0 Å². The molecule has 0 aliphatic carbocycles. The van der Waals surface area contributed by atoms with Gasteiger partial charge in [0.25, 0.3) is 0 Å². The summed E-state index contributed by atoms with van der Waals surface area (Å²) in [5, 5.41) is 0. The second-order valence-electron chi connectivity index (χ2n) is 2.16. The van der Waals surface area contributed by atoms with Crippen LogP contribution in [0.4, 0.5) is 0 Å². The second kappa shape index (κ2) is 9.35. The van der Waals surface area contributed by atoms with Crippen molar-refractivity contribution >= 4 is 9.03 Å². The lowest BCUT2D eigenvalue weighted by Gasteiger charge is -2.12. The minimum absolute atomic E-state index is 0. The van der Waals surface area contributed by atoms with Crippen molar-refractivity contribution in [2.75, 3.05) is 0 Å². The quantitative estimate of drug-likeness (QED) is 0.656. The Kier molecular flexibility index (Phi) is 15.7. The van der Waals surface area contributed by atoms with Gasteiger partial charge in [0.2, 0.25) is 0 Å². The summed E-state index contributed by atoms with van der Waals surface area (Å²) in [6, 6.07) is 0. The molecule has 0 bridgehead atoms. The minimum atomic E-state index is -0.369. The molecule has 66 valence electrons. The monoisotopic (exact) mass is 168 g/mol. The van der Waals surface area contributed by atoms with E-state index in [9.17, 15) is 0 Å². The van der Waals surface area contributed by atoms with Gasteiger partial charge in [-0.25, -0.2) is 0 Å². The van der Waals surface area contributed by atoms with Crippen LogP contribution in [0.1, 0.15) is 35.6 Å². The van der Waals surface area contributed by atoms with E-state index in [4.69, 9.17) is 9.42 Å². The summed E-state index contributed by atoms with van der Waals surface area (Å²) in [6.45, 7) is 6.07. The molecular formula is C7H21O2P. The van der Waals surface area contributed by atoms with Crippen LogP contribution < -0.4 is 0 Å². The van der Waals surface area contributed by atoms with Gasteiger partial charge in [0, 0.05) is 0 Å². The first-order valence-corrected chi connectivity index (χ1v) is 3.58. The molecule has 0 radical (unpaired) electrons. The standard InChI is InChI=1S/C5H13O2P.2CH4/c1-4(2)5(3)7-8-6;;/h4-6,8H,1-3H3;2*1H4. The molecule has 10 heavy (non-hydrogen) atoms.